The molecule has 1 aliphatic rings. The first-order valence-corrected chi connectivity index (χ1v) is 13.4. The molecular weight excluding hydrogens is 518 g/mol. The fraction of sp³-hybridized carbons (Fsp3) is 0.462. The van der Waals surface area contributed by atoms with Gasteiger partial charge in [-0.25, -0.2) is 26.3 Å². The summed E-state index contributed by atoms with van der Waals surface area (Å²) in [6.07, 6.45) is -4.92. The number of rotatable bonds is 7. The molecule has 0 saturated heterocycles. The maximum Gasteiger partial charge on any atom is 0.417 e. The molecule has 0 aliphatic heterocycles. The highest BCUT2D eigenvalue weighted by Crippen LogP contribution is 2.40. The molecule has 11 heteroatoms. The Labute approximate surface area is 211 Å². The van der Waals surface area contributed by atoms with E-state index in [1.165, 1.54) is 24.4 Å². The summed E-state index contributed by atoms with van der Waals surface area (Å²) >= 11 is 0. The number of hydrogen-bond acceptors (Lipinski definition) is 2. The summed E-state index contributed by atoms with van der Waals surface area (Å²) < 4.78 is 112. The van der Waals surface area contributed by atoms with Gasteiger partial charge in [0.15, 0.2) is 0 Å². The fourth-order valence-corrected chi connectivity index (χ4v) is 6.32. The molecule has 1 aliphatic carbocycles. The molecule has 0 spiro atoms. The van der Waals surface area contributed by atoms with E-state index in [1.54, 1.807) is 4.57 Å². The molecule has 0 radical (unpaired) electrons. The number of benzene rings is 2. The summed E-state index contributed by atoms with van der Waals surface area (Å²) in [5.41, 5.74) is -1.20. The monoisotopic (exact) mass is 546 g/mol. The molecule has 2 aromatic carbocycles. The second kappa shape index (κ2) is 9.65. The summed E-state index contributed by atoms with van der Waals surface area (Å²) in [4.78, 5) is 0. The normalized spacial score (nSPS) is 16.4. The number of aromatic nitrogens is 1. The lowest BCUT2D eigenvalue weighted by molar-refractivity contribution is -0.137. The van der Waals surface area contributed by atoms with Crippen LogP contribution in [0.4, 0.5) is 26.3 Å². The molecule has 1 heterocycles. The molecule has 1 atom stereocenters. The van der Waals surface area contributed by atoms with E-state index in [0.29, 0.717) is 42.8 Å². The van der Waals surface area contributed by atoms with Gasteiger partial charge in [-0.3, -0.25) is 0 Å². The third kappa shape index (κ3) is 5.82. The number of hydrogen-bond donors (Lipinski definition) is 1. The van der Waals surface area contributed by atoms with Crippen molar-refractivity contribution in [2.75, 3.05) is 0 Å². The Morgan fingerprint density at radius 3 is 2.27 bits per heavy atom. The van der Waals surface area contributed by atoms with Gasteiger partial charge >= 0.3 is 6.18 Å². The Kier molecular flexibility index (Phi) is 7.17. The molecule has 4 rings (SSSR count). The minimum absolute atomic E-state index is 0.0406. The second-order valence-corrected chi connectivity index (χ2v) is 12.7. The number of fused-ring (bicyclic) bond motifs is 1. The number of nitrogens with zero attached hydrogens (tertiary/aromatic N) is 1. The largest absolute Gasteiger partial charge is 0.417 e. The lowest BCUT2D eigenvalue weighted by Crippen LogP contribution is -2.42. The van der Waals surface area contributed by atoms with Gasteiger partial charge in [0.1, 0.15) is 11.9 Å². The Morgan fingerprint density at radius 1 is 1.05 bits per heavy atom. The van der Waals surface area contributed by atoms with E-state index in [0.717, 1.165) is 12.1 Å². The number of nitrogens with one attached hydrogen (secondary N) is 1. The molecule has 1 aromatic heterocycles. The van der Waals surface area contributed by atoms with Crippen molar-refractivity contribution >= 4 is 20.9 Å². The summed E-state index contributed by atoms with van der Waals surface area (Å²) in [5, 5.41) is -0.423. The van der Waals surface area contributed by atoms with Crippen molar-refractivity contribution in [3.63, 3.8) is 0 Å². The summed E-state index contributed by atoms with van der Waals surface area (Å²) in [7, 11) is -3.99. The zero-order valence-corrected chi connectivity index (χ0v) is 21.4. The van der Waals surface area contributed by atoms with E-state index in [4.69, 9.17) is 0 Å². The van der Waals surface area contributed by atoms with E-state index in [1.807, 2.05) is 20.8 Å². The SMILES string of the molecule is CC(C)(C)Cn1cc(C(NS(=O)(=O)C2CCC2)C(F)F)c2ccc(-c3ccc(F)cc3C(F)(F)F)cc21. The van der Waals surface area contributed by atoms with Crippen LogP contribution in [0.2, 0.25) is 0 Å². The number of halogens is 6. The van der Waals surface area contributed by atoms with E-state index in [9.17, 15) is 34.8 Å². The predicted octanol–water partition coefficient (Wildman–Crippen LogP) is 7.29. The smallest absolute Gasteiger partial charge is 0.347 e. The highest BCUT2D eigenvalue weighted by molar-refractivity contribution is 7.90. The van der Waals surface area contributed by atoms with Crippen LogP contribution < -0.4 is 4.72 Å². The van der Waals surface area contributed by atoms with Gasteiger partial charge < -0.3 is 4.57 Å². The van der Waals surface area contributed by atoms with Gasteiger partial charge in [0.05, 0.1) is 10.8 Å². The molecule has 1 unspecified atom stereocenters. The van der Waals surface area contributed by atoms with Crippen molar-refractivity contribution in [2.24, 2.45) is 5.41 Å². The molecule has 0 bridgehead atoms. The summed E-state index contributed by atoms with van der Waals surface area (Å²) in [6, 6.07) is 4.75. The molecule has 4 nitrogen and oxygen atoms in total. The molecule has 37 heavy (non-hydrogen) atoms. The molecule has 202 valence electrons. The molecular formula is C26H28F6N2O2S. The van der Waals surface area contributed by atoms with E-state index >= 15 is 0 Å². The van der Waals surface area contributed by atoms with Crippen LogP contribution in [0.25, 0.3) is 22.0 Å². The topological polar surface area (TPSA) is 51.1 Å². The van der Waals surface area contributed by atoms with Crippen molar-refractivity contribution in [3.05, 3.63) is 59.5 Å². The Hall–Kier alpha value is -2.53. The molecule has 1 N–H and O–H groups in total. The van der Waals surface area contributed by atoms with Crippen LogP contribution in [0.3, 0.4) is 0 Å². The third-order valence-electron chi connectivity index (χ3n) is 6.53. The van der Waals surface area contributed by atoms with Gasteiger partial charge in [-0.1, -0.05) is 45.4 Å². The minimum atomic E-state index is -4.81. The Balaban J connectivity index is 1.88. The van der Waals surface area contributed by atoms with Crippen molar-refractivity contribution < 1.29 is 34.8 Å². The molecule has 1 fully saturated rings. The third-order valence-corrected chi connectivity index (χ3v) is 8.46. The summed E-state index contributed by atoms with van der Waals surface area (Å²) in [5.74, 6) is -1.03. The van der Waals surface area contributed by atoms with E-state index in [2.05, 4.69) is 4.72 Å². The van der Waals surface area contributed by atoms with Crippen molar-refractivity contribution in [2.45, 2.75) is 70.5 Å². The average Bonchev–Trinajstić information content (AvgIpc) is 3.05. The average molecular weight is 547 g/mol. The number of alkyl halides is 5. The van der Waals surface area contributed by atoms with Gasteiger partial charge in [-0.15, -0.1) is 0 Å². The lowest BCUT2D eigenvalue weighted by atomic mass is 9.96. The van der Waals surface area contributed by atoms with Gasteiger partial charge in [-0.05, 0) is 47.6 Å². The first kappa shape index (κ1) is 27.5. The highest BCUT2D eigenvalue weighted by Gasteiger charge is 2.38. The second-order valence-electron chi connectivity index (χ2n) is 10.7. The molecule has 1 saturated carbocycles. The minimum Gasteiger partial charge on any atom is -0.347 e. The van der Waals surface area contributed by atoms with Crippen LogP contribution >= 0.6 is 0 Å². The lowest BCUT2D eigenvalue weighted by Gasteiger charge is -2.28. The zero-order valence-electron chi connectivity index (χ0n) is 20.5. The van der Waals surface area contributed by atoms with Crippen molar-refractivity contribution in [1.82, 2.24) is 9.29 Å². The van der Waals surface area contributed by atoms with Crippen LogP contribution in [-0.2, 0) is 22.7 Å². The van der Waals surface area contributed by atoms with Gasteiger partial charge in [0.2, 0.25) is 10.0 Å². The van der Waals surface area contributed by atoms with Gasteiger partial charge in [0, 0.05) is 29.2 Å². The first-order chi connectivity index (χ1) is 17.1. The number of sulfonamides is 1. The van der Waals surface area contributed by atoms with Crippen molar-refractivity contribution in [3.8, 4) is 11.1 Å². The van der Waals surface area contributed by atoms with Gasteiger partial charge in [0.25, 0.3) is 6.43 Å². The predicted molar refractivity (Wildman–Crippen MR) is 130 cm³/mol. The quantitative estimate of drug-likeness (QED) is 0.317. The standard InChI is InChI=1S/C26H28F6N2O2S/c1-25(2,3)14-34-13-20(23(24(28)29)33-37(35,36)17-5-4-6-17)19-9-7-15(11-22(19)34)18-10-8-16(27)12-21(18)26(30,31)32/h7-13,17,23-24,33H,4-6,14H2,1-3H3. The Morgan fingerprint density at radius 2 is 1.73 bits per heavy atom. The highest BCUT2D eigenvalue weighted by atomic mass is 32.2. The summed E-state index contributed by atoms with van der Waals surface area (Å²) in [6.45, 7) is 6.06. The van der Waals surface area contributed by atoms with E-state index < -0.39 is 45.3 Å². The maximum absolute atomic E-state index is 14.2. The fourth-order valence-electron chi connectivity index (χ4n) is 4.59. The van der Waals surface area contributed by atoms with E-state index in [-0.39, 0.29) is 22.1 Å². The van der Waals surface area contributed by atoms with Crippen LogP contribution in [-0.4, -0.2) is 24.7 Å². The van der Waals surface area contributed by atoms with Crippen LogP contribution in [0.15, 0.2) is 42.6 Å². The molecule has 3 aromatic rings. The first-order valence-electron chi connectivity index (χ1n) is 11.9. The van der Waals surface area contributed by atoms with Crippen LogP contribution in [0.5, 0.6) is 0 Å². The maximum atomic E-state index is 14.2. The van der Waals surface area contributed by atoms with Crippen LogP contribution in [0, 0.1) is 11.2 Å². The molecule has 0 amide bonds. The van der Waals surface area contributed by atoms with Crippen molar-refractivity contribution in [1.29, 1.82) is 0 Å². The van der Waals surface area contributed by atoms with Crippen LogP contribution in [0.1, 0.15) is 57.2 Å². The zero-order chi connectivity index (χ0) is 27.3. The Bertz CT molecular complexity index is 1400. The van der Waals surface area contributed by atoms with Gasteiger partial charge in [-0.2, -0.15) is 13.2 Å².